The first kappa shape index (κ1) is 16.2. The Kier molecular flexibility index (Phi) is 4.61. The topological polar surface area (TPSA) is 81.4 Å². The highest BCUT2D eigenvalue weighted by Gasteiger charge is 2.12. The predicted molar refractivity (Wildman–Crippen MR) is 92.8 cm³/mol. The van der Waals surface area contributed by atoms with E-state index in [2.05, 4.69) is 10.3 Å². The highest BCUT2D eigenvalue weighted by Crippen LogP contribution is 2.28. The van der Waals surface area contributed by atoms with Crippen molar-refractivity contribution < 1.29 is 13.9 Å². The zero-order chi connectivity index (χ0) is 17.1. The maximum absolute atomic E-state index is 12.0. The van der Waals surface area contributed by atoms with Gasteiger partial charge in [0.1, 0.15) is 11.3 Å². The third-order valence-electron chi connectivity index (χ3n) is 3.65. The molecular weight excluding hydrogens is 328 g/mol. The van der Waals surface area contributed by atoms with Gasteiger partial charge in [0, 0.05) is 35.5 Å². The second kappa shape index (κ2) is 6.84. The van der Waals surface area contributed by atoms with E-state index in [1.165, 1.54) is 17.4 Å². The summed E-state index contributed by atoms with van der Waals surface area (Å²) < 4.78 is 10.6. The van der Waals surface area contributed by atoms with Crippen LogP contribution < -0.4 is 15.7 Å². The predicted octanol–water partition coefficient (Wildman–Crippen LogP) is 3.14. The van der Waals surface area contributed by atoms with Crippen molar-refractivity contribution >= 4 is 33.3 Å². The maximum Gasteiger partial charge on any atom is 0.336 e. The molecule has 0 spiro atoms. The number of methoxy groups -OCH3 is 1. The van der Waals surface area contributed by atoms with Crippen molar-refractivity contribution in [2.45, 2.75) is 19.8 Å². The van der Waals surface area contributed by atoms with Crippen molar-refractivity contribution in [2.75, 3.05) is 12.4 Å². The zero-order valence-electron chi connectivity index (χ0n) is 13.3. The van der Waals surface area contributed by atoms with Crippen LogP contribution in [0.5, 0.6) is 5.75 Å². The first-order valence-electron chi connectivity index (χ1n) is 7.37. The number of aryl methyl sites for hydroxylation is 2. The summed E-state index contributed by atoms with van der Waals surface area (Å²) in [5.74, 6) is 0.488. The number of nitrogens with one attached hydrogen (secondary N) is 1. The number of amides is 1. The Morgan fingerprint density at radius 2 is 2.21 bits per heavy atom. The first-order valence-corrected chi connectivity index (χ1v) is 8.25. The highest BCUT2D eigenvalue weighted by atomic mass is 32.1. The molecule has 24 heavy (non-hydrogen) atoms. The van der Waals surface area contributed by atoms with Crippen LogP contribution in [0.2, 0.25) is 0 Å². The number of hydrogen-bond donors (Lipinski definition) is 1. The third kappa shape index (κ3) is 3.46. The summed E-state index contributed by atoms with van der Waals surface area (Å²) in [5.41, 5.74) is 1.80. The maximum atomic E-state index is 12.0. The zero-order valence-corrected chi connectivity index (χ0v) is 14.1. The van der Waals surface area contributed by atoms with E-state index in [0.717, 1.165) is 16.5 Å². The van der Waals surface area contributed by atoms with E-state index < -0.39 is 5.63 Å². The Labute approximate surface area is 142 Å². The number of benzene rings is 1. The van der Waals surface area contributed by atoms with Crippen molar-refractivity contribution in [1.82, 2.24) is 4.98 Å². The minimum Gasteiger partial charge on any atom is -0.496 e. The molecular formula is C17H16N2O4S. The Morgan fingerprint density at radius 1 is 1.38 bits per heavy atom. The van der Waals surface area contributed by atoms with Crippen LogP contribution in [0.25, 0.3) is 11.0 Å². The number of aromatic nitrogens is 1. The lowest BCUT2D eigenvalue weighted by Gasteiger charge is -2.11. The van der Waals surface area contributed by atoms with Gasteiger partial charge in [0.2, 0.25) is 5.91 Å². The summed E-state index contributed by atoms with van der Waals surface area (Å²) in [4.78, 5) is 27.5. The van der Waals surface area contributed by atoms with Gasteiger partial charge in [-0.15, -0.1) is 11.3 Å². The molecule has 0 radical (unpaired) electrons. The number of nitrogens with zero attached hydrogens (tertiary/aromatic N) is 1. The molecule has 1 aromatic carbocycles. The van der Waals surface area contributed by atoms with Crippen LogP contribution in [0.1, 0.15) is 17.5 Å². The molecule has 0 atom stereocenters. The largest absolute Gasteiger partial charge is 0.496 e. The molecule has 3 rings (SSSR count). The smallest absolute Gasteiger partial charge is 0.336 e. The molecule has 2 aromatic heterocycles. The summed E-state index contributed by atoms with van der Waals surface area (Å²) in [5, 5.41) is 5.98. The Balaban J connectivity index is 1.83. The lowest BCUT2D eigenvalue weighted by Crippen LogP contribution is -2.12. The van der Waals surface area contributed by atoms with Crippen LogP contribution >= 0.6 is 11.3 Å². The molecule has 7 heteroatoms. The molecule has 0 fully saturated rings. The minimum atomic E-state index is -0.391. The van der Waals surface area contributed by atoms with E-state index in [1.54, 1.807) is 24.8 Å². The van der Waals surface area contributed by atoms with Crippen molar-refractivity contribution in [3.8, 4) is 5.75 Å². The number of fused-ring (bicyclic) bond motifs is 1. The number of carbonyl (C=O) groups excluding carboxylic acids is 1. The molecule has 3 aromatic rings. The van der Waals surface area contributed by atoms with Gasteiger partial charge in [-0.3, -0.25) is 4.79 Å². The average Bonchev–Trinajstić information content (AvgIpc) is 3.05. The lowest BCUT2D eigenvalue weighted by atomic mass is 10.0. The summed E-state index contributed by atoms with van der Waals surface area (Å²) in [6, 6.07) is 5.05. The van der Waals surface area contributed by atoms with E-state index in [0.29, 0.717) is 29.3 Å². The van der Waals surface area contributed by atoms with Gasteiger partial charge in [-0.25, -0.2) is 9.78 Å². The highest BCUT2D eigenvalue weighted by molar-refractivity contribution is 7.13. The quantitative estimate of drug-likeness (QED) is 0.719. The van der Waals surface area contributed by atoms with Crippen molar-refractivity contribution in [3.63, 3.8) is 0 Å². The summed E-state index contributed by atoms with van der Waals surface area (Å²) in [6.07, 6.45) is 2.45. The number of thiazole rings is 1. The Hall–Kier alpha value is -2.67. The van der Waals surface area contributed by atoms with Crippen LogP contribution in [0.15, 0.2) is 39.0 Å². The van der Waals surface area contributed by atoms with Gasteiger partial charge < -0.3 is 14.5 Å². The van der Waals surface area contributed by atoms with Crippen molar-refractivity contribution in [2.24, 2.45) is 0 Å². The van der Waals surface area contributed by atoms with Crippen LogP contribution in [0.3, 0.4) is 0 Å². The Morgan fingerprint density at radius 3 is 2.92 bits per heavy atom. The summed E-state index contributed by atoms with van der Waals surface area (Å²) in [6.45, 7) is 1.85. The lowest BCUT2D eigenvalue weighted by molar-refractivity contribution is -0.116. The van der Waals surface area contributed by atoms with Gasteiger partial charge >= 0.3 is 5.63 Å². The van der Waals surface area contributed by atoms with Gasteiger partial charge in [0.15, 0.2) is 5.13 Å². The standard InChI is InChI=1S/C17H16N2O4S/c1-10-7-16(21)23-14-9-13(22-2)11(8-12(10)14)3-4-15(20)19-17-18-5-6-24-17/h5-9H,3-4H2,1-2H3,(H,18,19,20). The first-order chi connectivity index (χ1) is 11.6. The number of carbonyl (C=O) groups is 1. The molecule has 2 heterocycles. The fourth-order valence-corrected chi connectivity index (χ4v) is 3.04. The molecule has 0 aliphatic carbocycles. The third-order valence-corrected chi connectivity index (χ3v) is 4.34. The second-order valence-corrected chi connectivity index (χ2v) is 6.19. The number of hydrogen-bond acceptors (Lipinski definition) is 6. The molecule has 0 unspecified atom stereocenters. The van der Waals surface area contributed by atoms with Crippen LogP contribution in [-0.2, 0) is 11.2 Å². The van der Waals surface area contributed by atoms with E-state index in [4.69, 9.17) is 9.15 Å². The van der Waals surface area contributed by atoms with Crippen molar-refractivity contribution in [3.05, 3.63) is 51.3 Å². The van der Waals surface area contributed by atoms with Gasteiger partial charge in [0.25, 0.3) is 0 Å². The fourth-order valence-electron chi connectivity index (χ4n) is 2.49. The normalized spacial score (nSPS) is 10.8. The monoisotopic (exact) mass is 344 g/mol. The summed E-state index contributed by atoms with van der Waals surface area (Å²) >= 11 is 1.38. The number of rotatable bonds is 5. The second-order valence-electron chi connectivity index (χ2n) is 5.29. The van der Waals surface area contributed by atoms with E-state index in [9.17, 15) is 9.59 Å². The van der Waals surface area contributed by atoms with Gasteiger partial charge in [-0.1, -0.05) is 0 Å². The molecule has 0 aliphatic rings. The van der Waals surface area contributed by atoms with Gasteiger partial charge in [0.05, 0.1) is 7.11 Å². The summed E-state index contributed by atoms with van der Waals surface area (Å²) in [7, 11) is 1.55. The molecule has 0 saturated heterocycles. The van der Waals surface area contributed by atoms with E-state index in [-0.39, 0.29) is 5.91 Å². The molecule has 1 N–H and O–H groups in total. The molecule has 124 valence electrons. The SMILES string of the molecule is COc1cc2oc(=O)cc(C)c2cc1CCC(=O)Nc1nccs1. The molecule has 0 aliphatic heterocycles. The van der Waals surface area contributed by atoms with Gasteiger partial charge in [-0.05, 0) is 30.5 Å². The average molecular weight is 344 g/mol. The van der Waals surface area contributed by atoms with E-state index in [1.807, 2.05) is 13.0 Å². The van der Waals surface area contributed by atoms with Crippen molar-refractivity contribution in [1.29, 1.82) is 0 Å². The van der Waals surface area contributed by atoms with Crippen LogP contribution in [0, 0.1) is 6.92 Å². The molecule has 6 nitrogen and oxygen atoms in total. The molecule has 0 saturated carbocycles. The molecule has 1 amide bonds. The van der Waals surface area contributed by atoms with Crippen LogP contribution in [-0.4, -0.2) is 18.0 Å². The minimum absolute atomic E-state index is 0.108. The van der Waals surface area contributed by atoms with Crippen LogP contribution in [0.4, 0.5) is 5.13 Å². The number of ether oxygens (including phenoxy) is 1. The fraction of sp³-hybridized carbons (Fsp3) is 0.235. The van der Waals surface area contributed by atoms with Gasteiger partial charge in [-0.2, -0.15) is 0 Å². The number of anilines is 1. The van der Waals surface area contributed by atoms with E-state index >= 15 is 0 Å². The molecule has 0 bridgehead atoms. The Bertz CT molecular complexity index is 932.